The Balaban J connectivity index is 1.68. The van der Waals surface area contributed by atoms with Crippen molar-refractivity contribution in [1.82, 2.24) is 0 Å². The van der Waals surface area contributed by atoms with Gasteiger partial charge in [-0.3, -0.25) is 0 Å². The smallest absolute Gasteiger partial charge is 0.143 e. The molecule has 0 aliphatic carbocycles. The van der Waals surface area contributed by atoms with Gasteiger partial charge in [0.25, 0.3) is 0 Å². The standard InChI is InChI=1S/C24H27OP/c1-21(20-22-13-5-2-6-14-22)12-11-19-26(25,23-15-7-3-8-16-23)24-17-9-4-10-18-24/h2-10,13-18,21H,11-12,19-20H2,1H3. The molecule has 0 amide bonds. The summed E-state index contributed by atoms with van der Waals surface area (Å²) in [5, 5.41) is 1.95. The fourth-order valence-electron chi connectivity index (χ4n) is 3.53. The Morgan fingerprint density at radius 2 is 1.19 bits per heavy atom. The summed E-state index contributed by atoms with van der Waals surface area (Å²) < 4.78 is 14.0. The Kier molecular flexibility index (Phi) is 6.47. The zero-order valence-electron chi connectivity index (χ0n) is 15.4. The molecule has 1 nitrogen and oxygen atoms in total. The van der Waals surface area contributed by atoms with Gasteiger partial charge in [-0.15, -0.1) is 0 Å². The summed E-state index contributed by atoms with van der Waals surface area (Å²) in [6.45, 7) is 2.29. The third kappa shape index (κ3) is 4.74. The van der Waals surface area contributed by atoms with Gasteiger partial charge >= 0.3 is 0 Å². The van der Waals surface area contributed by atoms with Gasteiger partial charge in [-0.1, -0.05) is 97.9 Å². The summed E-state index contributed by atoms with van der Waals surface area (Å²) in [5.74, 6) is 0.595. The van der Waals surface area contributed by atoms with E-state index in [-0.39, 0.29) is 0 Å². The summed E-state index contributed by atoms with van der Waals surface area (Å²) in [5.41, 5.74) is 1.38. The number of benzene rings is 3. The van der Waals surface area contributed by atoms with Crippen LogP contribution in [0.3, 0.4) is 0 Å². The monoisotopic (exact) mass is 362 g/mol. The van der Waals surface area contributed by atoms with Gasteiger partial charge in [0, 0.05) is 16.8 Å². The molecule has 0 saturated carbocycles. The summed E-state index contributed by atoms with van der Waals surface area (Å²) >= 11 is 0. The van der Waals surface area contributed by atoms with Gasteiger partial charge in [0.05, 0.1) is 0 Å². The van der Waals surface area contributed by atoms with Crippen molar-refractivity contribution in [3.63, 3.8) is 0 Å². The quantitative estimate of drug-likeness (QED) is 0.473. The molecule has 0 spiro atoms. The number of hydrogen-bond acceptors (Lipinski definition) is 1. The molecule has 3 rings (SSSR count). The fourth-order valence-corrected chi connectivity index (χ4v) is 6.28. The van der Waals surface area contributed by atoms with Crippen LogP contribution >= 0.6 is 7.14 Å². The molecule has 0 N–H and O–H groups in total. The van der Waals surface area contributed by atoms with Crippen LogP contribution in [0.2, 0.25) is 0 Å². The molecule has 1 unspecified atom stereocenters. The first-order valence-corrected chi connectivity index (χ1v) is 11.3. The van der Waals surface area contributed by atoms with E-state index in [1.54, 1.807) is 0 Å². The summed E-state index contributed by atoms with van der Waals surface area (Å²) in [7, 11) is -2.56. The van der Waals surface area contributed by atoms with Crippen molar-refractivity contribution >= 4 is 17.8 Å². The average Bonchev–Trinajstić information content (AvgIpc) is 2.70. The molecule has 0 bridgehead atoms. The van der Waals surface area contributed by atoms with E-state index in [0.717, 1.165) is 36.0 Å². The molecule has 1 atom stereocenters. The third-order valence-electron chi connectivity index (χ3n) is 4.94. The largest absolute Gasteiger partial charge is 0.314 e. The summed E-state index contributed by atoms with van der Waals surface area (Å²) in [6.07, 6.45) is 3.90. The van der Waals surface area contributed by atoms with Crippen LogP contribution in [0.1, 0.15) is 25.3 Å². The summed E-state index contributed by atoms with van der Waals surface area (Å²) in [4.78, 5) is 0. The zero-order valence-corrected chi connectivity index (χ0v) is 16.3. The minimum absolute atomic E-state index is 0.595. The SMILES string of the molecule is CC(CCCP(=O)(c1ccccc1)c1ccccc1)Cc1ccccc1. The maximum absolute atomic E-state index is 14.0. The second-order valence-electron chi connectivity index (χ2n) is 7.07. The highest BCUT2D eigenvalue weighted by molar-refractivity contribution is 7.78. The second-order valence-corrected chi connectivity index (χ2v) is 10.0. The highest BCUT2D eigenvalue weighted by atomic mass is 31.2. The average molecular weight is 362 g/mol. The van der Waals surface area contributed by atoms with Gasteiger partial charge in [-0.25, -0.2) is 0 Å². The molecule has 2 heteroatoms. The zero-order chi connectivity index (χ0) is 18.2. The van der Waals surface area contributed by atoms with Gasteiger partial charge in [-0.05, 0) is 30.7 Å². The predicted molar refractivity (Wildman–Crippen MR) is 113 cm³/mol. The molecular formula is C24H27OP. The van der Waals surface area contributed by atoms with E-state index in [0.29, 0.717) is 5.92 Å². The van der Waals surface area contributed by atoms with Crippen LogP contribution in [0.4, 0.5) is 0 Å². The molecule has 3 aromatic rings. The van der Waals surface area contributed by atoms with Crippen molar-refractivity contribution in [2.45, 2.75) is 26.2 Å². The molecule has 26 heavy (non-hydrogen) atoms. The highest BCUT2D eigenvalue weighted by Gasteiger charge is 2.26. The van der Waals surface area contributed by atoms with Crippen LogP contribution in [-0.2, 0) is 11.0 Å². The van der Waals surface area contributed by atoms with Crippen molar-refractivity contribution in [3.05, 3.63) is 96.6 Å². The molecular weight excluding hydrogens is 335 g/mol. The number of rotatable bonds is 8. The Hall–Kier alpha value is -2.11. The van der Waals surface area contributed by atoms with Crippen LogP contribution in [-0.4, -0.2) is 6.16 Å². The normalized spacial score (nSPS) is 12.7. The molecule has 134 valence electrons. The first-order valence-electron chi connectivity index (χ1n) is 9.43. The first kappa shape index (κ1) is 18.7. The van der Waals surface area contributed by atoms with Crippen molar-refractivity contribution in [3.8, 4) is 0 Å². The predicted octanol–water partition coefficient (Wildman–Crippen LogP) is 5.66. The van der Waals surface area contributed by atoms with E-state index < -0.39 is 7.14 Å². The van der Waals surface area contributed by atoms with Crippen molar-refractivity contribution < 1.29 is 4.57 Å². The molecule has 0 saturated heterocycles. The Morgan fingerprint density at radius 3 is 1.69 bits per heavy atom. The molecule has 0 radical (unpaired) electrons. The topological polar surface area (TPSA) is 17.1 Å². The van der Waals surface area contributed by atoms with Gasteiger partial charge in [-0.2, -0.15) is 0 Å². The Labute approximate surface area is 157 Å². The maximum atomic E-state index is 14.0. The Bertz CT molecular complexity index is 784. The van der Waals surface area contributed by atoms with E-state index >= 15 is 0 Å². The lowest BCUT2D eigenvalue weighted by Crippen LogP contribution is -2.18. The lowest BCUT2D eigenvalue weighted by molar-refractivity contribution is 0.519. The van der Waals surface area contributed by atoms with Crippen molar-refractivity contribution in [2.75, 3.05) is 6.16 Å². The first-order chi connectivity index (χ1) is 12.7. The minimum atomic E-state index is -2.56. The third-order valence-corrected chi connectivity index (χ3v) is 8.15. The lowest BCUT2D eigenvalue weighted by Gasteiger charge is -2.20. The van der Waals surface area contributed by atoms with E-state index in [1.807, 2.05) is 60.7 Å². The molecule has 0 aliphatic heterocycles. The van der Waals surface area contributed by atoms with Crippen LogP contribution in [0.15, 0.2) is 91.0 Å². The van der Waals surface area contributed by atoms with Crippen molar-refractivity contribution in [2.24, 2.45) is 5.92 Å². The van der Waals surface area contributed by atoms with E-state index in [4.69, 9.17) is 0 Å². The highest BCUT2D eigenvalue weighted by Crippen LogP contribution is 2.44. The van der Waals surface area contributed by atoms with E-state index in [2.05, 4.69) is 37.3 Å². The van der Waals surface area contributed by atoms with Crippen LogP contribution in [0.25, 0.3) is 0 Å². The minimum Gasteiger partial charge on any atom is -0.314 e. The van der Waals surface area contributed by atoms with E-state index in [1.165, 1.54) is 5.56 Å². The van der Waals surface area contributed by atoms with Gasteiger partial charge in [0.1, 0.15) is 7.14 Å². The molecule has 0 aromatic heterocycles. The van der Waals surface area contributed by atoms with E-state index in [9.17, 15) is 4.57 Å². The van der Waals surface area contributed by atoms with Crippen LogP contribution < -0.4 is 10.6 Å². The van der Waals surface area contributed by atoms with Gasteiger partial charge in [0.2, 0.25) is 0 Å². The molecule has 0 aliphatic rings. The summed E-state index contributed by atoms with van der Waals surface area (Å²) in [6, 6.07) is 30.6. The van der Waals surface area contributed by atoms with Crippen LogP contribution in [0, 0.1) is 5.92 Å². The molecule has 3 aromatic carbocycles. The lowest BCUT2D eigenvalue weighted by atomic mass is 9.97. The fraction of sp³-hybridized carbons (Fsp3) is 0.250. The van der Waals surface area contributed by atoms with Crippen LogP contribution in [0.5, 0.6) is 0 Å². The van der Waals surface area contributed by atoms with Crippen molar-refractivity contribution in [1.29, 1.82) is 0 Å². The maximum Gasteiger partial charge on any atom is 0.143 e. The Morgan fingerprint density at radius 1 is 0.731 bits per heavy atom. The second kappa shape index (κ2) is 9.01. The molecule has 0 heterocycles. The van der Waals surface area contributed by atoms with Gasteiger partial charge in [0.15, 0.2) is 0 Å². The molecule has 0 fully saturated rings. The van der Waals surface area contributed by atoms with Gasteiger partial charge < -0.3 is 4.57 Å². The number of hydrogen-bond donors (Lipinski definition) is 0.